The van der Waals surface area contributed by atoms with Crippen molar-refractivity contribution in [3.63, 3.8) is 0 Å². The van der Waals surface area contributed by atoms with Crippen molar-refractivity contribution < 1.29 is 5.11 Å². The molecule has 8 atom stereocenters. The van der Waals surface area contributed by atoms with E-state index >= 15 is 0 Å². The van der Waals surface area contributed by atoms with Gasteiger partial charge in [0.05, 0.1) is 5.69 Å². The lowest BCUT2D eigenvalue weighted by molar-refractivity contribution is -0.0605. The molecule has 4 rings (SSSR count). The maximum Gasteiger partial charge on any atom is 0.0660 e. The van der Waals surface area contributed by atoms with E-state index in [0.717, 1.165) is 49.6 Å². The van der Waals surface area contributed by atoms with Gasteiger partial charge < -0.3 is 10.8 Å². The number of hydrogen-bond acceptors (Lipinski definition) is 3. The Labute approximate surface area is 184 Å². The van der Waals surface area contributed by atoms with Gasteiger partial charge in [0.2, 0.25) is 0 Å². The van der Waals surface area contributed by atoms with E-state index in [2.05, 4.69) is 52.4 Å². The number of nitrogens with zero attached hydrogens (tertiary/aromatic N) is 2. The Morgan fingerprint density at radius 1 is 1.23 bits per heavy atom. The monoisotopic (exact) mass is 415 g/mol. The topological polar surface area (TPSA) is 64.1 Å². The molecule has 1 heterocycles. The normalized spacial score (nSPS) is 41.5. The number of aromatic nitrogens is 2. The molecule has 4 nitrogen and oxygen atoms in total. The van der Waals surface area contributed by atoms with Crippen molar-refractivity contribution in [2.75, 3.05) is 13.2 Å². The van der Waals surface area contributed by atoms with Gasteiger partial charge in [-0.2, -0.15) is 5.10 Å². The first kappa shape index (κ1) is 22.3. The van der Waals surface area contributed by atoms with Crippen molar-refractivity contribution in [2.45, 2.75) is 80.2 Å². The molecule has 0 unspecified atom stereocenters. The second-order valence-electron chi connectivity index (χ2n) is 12.6. The SMILES string of the molecule is C[C@@H]1C[C@H]([C@@]2(C)Cc3cn(CC(C)(C)C)nc3C[C@@H]2CO)[C@@H](CN)[C@H]2CC[C@H](C)[C@@H]21. The summed E-state index contributed by atoms with van der Waals surface area (Å²) in [6.07, 6.45) is 8.24. The molecule has 30 heavy (non-hydrogen) atoms. The Morgan fingerprint density at radius 2 is 1.97 bits per heavy atom. The summed E-state index contributed by atoms with van der Waals surface area (Å²) in [6.45, 7) is 16.2. The van der Waals surface area contributed by atoms with E-state index in [-0.39, 0.29) is 23.4 Å². The van der Waals surface area contributed by atoms with Gasteiger partial charge in [0.1, 0.15) is 0 Å². The number of aliphatic hydroxyl groups is 1. The molecular formula is C26H45N3O. The average molecular weight is 416 g/mol. The van der Waals surface area contributed by atoms with E-state index in [9.17, 15) is 5.11 Å². The van der Waals surface area contributed by atoms with Crippen molar-refractivity contribution in [2.24, 2.45) is 58.0 Å². The molecule has 3 N–H and O–H groups in total. The summed E-state index contributed by atoms with van der Waals surface area (Å²) in [5.41, 5.74) is 9.43. The molecule has 1 aromatic rings. The van der Waals surface area contributed by atoms with Gasteiger partial charge in [0.15, 0.2) is 0 Å². The van der Waals surface area contributed by atoms with Crippen LogP contribution >= 0.6 is 0 Å². The zero-order valence-electron chi connectivity index (χ0n) is 20.2. The molecule has 0 aromatic carbocycles. The molecule has 0 bridgehead atoms. The summed E-state index contributed by atoms with van der Waals surface area (Å²) in [7, 11) is 0. The van der Waals surface area contributed by atoms with Crippen LogP contribution in [0.3, 0.4) is 0 Å². The highest BCUT2D eigenvalue weighted by atomic mass is 16.3. The minimum atomic E-state index is 0.104. The number of aliphatic hydroxyl groups excluding tert-OH is 1. The van der Waals surface area contributed by atoms with Crippen LogP contribution in [0.15, 0.2) is 6.20 Å². The number of nitrogens with two attached hydrogens (primary N) is 1. The van der Waals surface area contributed by atoms with Gasteiger partial charge in [0, 0.05) is 19.3 Å². The zero-order valence-corrected chi connectivity index (χ0v) is 20.2. The molecule has 0 aliphatic heterocycles. The fourth-order valence-electron chi connectivity index (χ4n) is 7.99. The Hall–Kier alpha value is -0.870. The third kappa shape index (κ3) is 3.77. The fourth-order valence-corrected chi connectivity index (χ4v) is 7.99. The summed E-state index contributed by atoms with van der Waals surface area (Å²) in [5.74, 6) is 4.71. The standard InChI is InChI=1S/C26H45N3O/c1-16-7-8-20-21(12-27)22(9-17(2)24(16)20)26(6)11-18-13-29(15-25(3,4)5)28-23(18)10-19(26)14-30/h13,16-17,19-22,24,30H,7-12,14-15,27H2,1-6H3/t16-,17+,19+,20+,21-,22-,24+,26-/m0/s1. The van der Waals surface area contributed by atoms with Crippen LogP contribution in [0.2, 0.25) is 0 Å². The average Bonchev–Trinajstić information content (AvgIpc) is 3.22. The van der Waals surface area contributed by atoms with Gasteiger partial charge in [0.25, 0.3) is 0 Å². The molecule has 0 amide bonds. The van der Waals surface area contributed by atoms with E-state index in [1.54, 1.807) is 0 Å². The number of hydrogen-bond donors (Lipinski definition) is 2. The summed E-state index contributed by atoms with van der Waals surface area (Å²) in [4.78, 5) is 0. The lowest BCUT2D eigenvalue weighted by Crippen LogP contribution is -2.53. The highest BCUT2D eigenvalue weighted by Crippen LogP contribution is 2.59. The van der Waals surface area contributed by atoms with Crippen LogP contribution < -0.4 is 5.73 Å². The molecule has 4 heteroatoms. The maximum atomic E-state index is 10.5. The summed E-state index contributed by atoms with van der Waals surface area (Å²) in [5, 5.41) is 15.4. The number of rotatable bonds is 4. The van der Waals surface area contributed by atoms with Crippen molar-refractivity contribution in [1.82, 2.24) is 9.78 Å². The molecule has 2 fully saturated rings. The van der Waals surface area contributed by atoms with Crippen LogP contribution in [-0.2, 0) is 19.4 Å². The van der Waals surface area contributed by atoms with Gasteiger partial charge in [-0.25, -0.2) is 0 Å². The third-order valence-corrected chi connectivity index (χ3v) is 9.30. The predicted molar refractivity (Wildman–Crippen MR) is 123 cm³/mol. The molecule has 0 radical (unpaired) electrons. The smallest absolute Gasteiger partial charge is 0.0660 e. The molecular weight excluding hydrogens is 370 g/mol. The predicted octanol–water partition coefficient (Wildman–Crippen LogP) is 4.54. The molecule has 1 aromatic heterocycles. The molecule has 2 saturated carbocycles. The van der Waals surface area contributed by atoms with Crippen molar-refractivity contribution in [3.8, 4) is 0 Å². The highest BCUT2D eigenvalue weighted by molar-refractivity contribution is 5.25. The summed E-state index contributed by atoms with van der Waals surface area (Å²) < 4.78 is 2.16. The van der Waals surface area contributed by atoms with Crippen LogP contribution in [0, 0.1) is 52.3 Å². The molecule has 0 spiro atoms. The van der Waals surface area contributed by atoms with Crippen LogP contribution in [-0.4, -0.2) is 28.0 Å². The first-order chi connectivity index (χ1) is 14.1. The lowest BCUT2D eigenvalue weighted by atomic mass is 9.50. The first-order valence-corrected chi connectivity index (χ1v) is 12.4. The van der Waals surface area contributed by atoms with Crippen molar-refractivity contribution >= 4 is 0 Å². The molecule has 170 valence electrons. The third-order valence-electron chi connectivity index (χ3n) is 9.30. The van der Waals surface area contributed by atoms with Crippen molar-refractivity contribution in [1.29, 1.82) is 0 Å². The van der Waals surface area contributed by atoms with E-state index in [1.807, 2.05) is 0 Å². The number of fused-ring (bicyclic) bond motifs is 2. The van der Waals surface area contributed by atoms with Gasteiger partial charge in [-0.15, -0.1) is 0 Å². The van der Waals surface area contributed by atoms with E-state index in [0.29, 0.717) is 11.8 Å². The van der Waals surface area contributed by atoms with Gasteiger partial charge >= 0.3 is 0 Å². The lowest BCUT2D eigenvalue weighted by Gasteiger charge is -2.55. The molecule has 3 aliphatic carbocycles. The Balaban J connectivity index is 1.65. The van der Waals surface area contributed by atoms with Crippen LogP contribution in [0.1, 0.15) is 72.1 Å². The summed E-state index contributed by atoms with van der Waals surface area (Å²) >= 11 is 0. The quantitative estimate of drug-likeness (QED) is 0.759. The van der Waals surface area contributed by atoms with Gasteiger partial charge in [-0.3, -0.25) is 4.68 Å². The minimum absolute atomic E-state index is 0.104. The largest absolute Gasteiger partial charge is 0.396 e. The zero-order chi connectivity index (χ0) is 21.8. The van der Waals surface area contributed by atoms with Crippen molar-refractivity contribution in [3.05, 3.63) is 17.5 Å². The maximum absolute atomic E-state index is 10.5. The van der Waals surface area contributed by atoms with E-state index in [4.69, 9.17) is 10.8 Å². The minimum Gasteiger partial charge on any atom is -0.396 e. The summed E-state index contributed by atoms with van der Waals surface area (Å²) in [6, 6.07) is 0. The Kier molecular flexibility index (Phi) is 5.89. The van der Waals surface area contributed by atoms with Crippen LogP contribution in [0.25, 0.3) is 0 Å². The fraction of sp³-hybridized carbons (Fsp3) is 0.885. The van der Waals surface area contributed by atoms with E-state index in [1.165, 1.54) is 30.5 Å². The Bertz CT molecular complexity index is 750. The van der Waals surface area contributed by atoms with Crippen LogP contribution in [0.5, 0.6) is 0 Å². The van der Waals surface area contributed by atoms with Gasteiger partial charge in [-0.05, 0) is 90.0 Å². The highest BCUT2D eigenvalue weighted by Gasteiger charge is 2.55. The van der Waals surface area contributed by atoms with Crippen LogP contribution in [0.4, 0.5) is 0 Å². The molecule has 3 aliphatic rings. The molecule has 0 saturated heterocycles. The Morgan fingerprint density at radius 3 is 2.60 bits per heavy atom. The first-order valence-electron chi connectivity index (χ1n) is 12.4. The van der Waals surface area contributed by atoms with E-state index < -0.39 is 0 Å². The second kappa shape index (κ2) is 7.92. The van der Waals surface area contributed by atoms with Gasteiger partial charge in [-0.1, -0.05) is 48.0 Å². The second-order valence-corrected chi connectivity index (χ2v) is 12.6.